The zero-order chi connectivity index (χ0) is 21.6. The molecule has 1 aliphatic rings. The molecule has 1 unspecified atom stereocenters. The first-order valence-corrected chi connectivity index (χ1v) is 10.5. The fourth-order valence-corrected chi connectivity index (χ4v) is 3.95. The minimum atomic E-state index is -0.237. The van der Waals surface area contributed by atoms with E-state index in [1.807, 2.05) is 59.5 Å². The van der Waals surface area contributed by atoms with Crippen LogP contribution in [-0.4, -0.2) is 43.5 Å². The van der Waals surface area contributed by atoms with Crippen LogP contribution in [0.5, 0.6) is 5.75 Å². The zero-order valence-electron chi connectivity index (χ0n) is 17.6. The van der Waals surface area contributed by atoms with E-state index in [1.165, 1.54) is 5.56 Å². The Morgan fingerprint density at radius 2 is 1.61 bits per heavy atom. The SMILES string of the molecule is COc1ccc(C2CCN(C(=O)CNC(=O)c3ccc(-c4ccccc4)cc3)C2)cc1. The Bertz CT molecular complexity index is 1030. The number of benzene rings is 3. The van der Waals surface area contributed by atoms with E-state index >= 15 is 0 Å². The van der Waals surface area contributed by atoms with Gasteiger partial charge in [-0.05, 0) is 47.4 Å². The molecule has 5 heteroatoms. The van der Waals surface area contributed by atoms with Crippen molar-refractivity contribution >= 4 is 11.8 Å². The van der Waals surface area contributed by atoms with Crippen LogP contribution in [0, 0.1) is 0 Å². The molecule has 0 bridgehead atoms. The topological polar surface area (TPSA) is 58.6 Å². The van der Waals surface area contributed by atoms with E-state index in [9.17, 15) is 9.59 Å². The van der Waals surface area contributed by atoms with Crippen molar-refractivity contribution < 1.29 is 14.3 Å². The third-order valence-electron chi connectivity index (χ3n) is 5.78. The highest BCUT2D eigenvalue weighted by molar-refractivity contribution is 5.96. The van der Waals surface area contributed by atoms with E-state index in [0.717, 1.165) is 23.3 Å². The van der Waals surface area contributed by atoms with Gasteiger partial charge in [-0.1, -0.05) is 54.6 Å². The minimum Gasteiger partial charge on any atom is -0.497 e. The van der Waals surface area contributed by atoms with Crippen LogP contribution in [0.4, 0.5) is 0 Å². The van der Waals surface area contributed by atoms with Gasteiger partial charge in [0.25, 0.3) is 5.91 Å². The number of methoxy groups -OCH3 is 1. The van der Waals surface area contributed by atoms with Crippen molar-refractivity contribution in [2.75, 3.05) is 26.7 Å². The van der Waals surface area contributed by atoms with Crippen LogP contribution >= 0.6 is 0 Å². The van der Waals surface area contributed by atoms with Gasteiger partial charge >= 0.3 is 0 Å². The first-order chi connectivity index (χ1) is 15.1. The lowest BCUT2D eigenvalue weighted by molar-refractivity contribution is -0.129. The van der Waals surface area contributed by atoms with Crippen molar-refractivity contribution in [2.45, 2.75) is 12.3 Å². The lowest BCUT2D eigenvalue weighted by Crippen LogP contribution is -2.39. The summed E-state index contributed by atoms with van der Waals surface area (Å²) in [5, 5.41) is 2.76. The van der Waals surface area contributed by atoms with Crippen LogP contribution < -0.4 is 10.1 Å². The Labute approximate surface area is 182 Å². The molecule has 0 saturated carbocycles. The summed E-state index contributed by atoms with van der Waals surface area (Å²) in [6.45, 7) is 1.39. The fraction of sp³-hybridized carbons (Fsp3) is 0.231. The van der Waals surface area contributed by atoms with Crippen LogP contribution in [0.2, 0.25) is 0 Å². The quantitative estimate of drug-likeness (QED) is 0.660. The van der Waals surface area contributed by atoms with Gasteiger partial charge < -0.3 is 15.0 Å². The van der Waals surface area contributed by atoms with Gasteiger partial charge in [0.2, 0.25) is 5.91 Å². The second-order valence-electron chi connectivity index (χ2n) is 7.72. The number of nitrogens with zero attached hydrogens (tertiary/aromatic N) is 1. The number of nitrogens with one attached hydrogen (secondary N) is 1. The van der Waals surface area contributed by atoms with Gasteiger partial charge in [0.1, 0.15) is 5.75 Å². The maximum Gasteiger partial charge on any atom is 0.251 e. The largest absolute Gasteiger partial charge is 0.497 e. The molecule has 3 aromatic rings. The molecule has 1 saturated heterocycles. The minimum absolute atomic E-state index is 0.00853. The van der Waals surface area contributed by atoms with E-state index in [1.54, 1.807) is 19.2 Å². The summed E-state index contributed by atoms with van der Waals surface area (Å²) in [5.41, 5.74) is 3.91. The van der Waals surface area contributed by atoms with Crippen molar-refractivity contribution in [3.05, 3.63) is 90.0 Å². The summed E-state index contributed by atoms with van der Waals surface area (Å²) in [6.07, 6.45) is 0.924. The molecule has 0 spiro atoms. The van der Waals surface area contributed by atoms with E-state index < -0.39 is 0 Å². The number of carbonyl (C=O) groups excluding carboxylic acids is 2. The maximum atomic E-state index is 12.6. The predicted molar refractivity (Wildman–Crippen MR) is 121 cm³/mol. The average molecular weight is 415 g/mol. The smallest absolute Gasteiger partial charge is 0.251 e. The number of likely N-dealkylation sites (tertiary alicyclic amines) is 1. The van der Waals surface area contributed by atoms with Gasteiger partial charge in [-0.3, -0.25) is 9.59 Å². The predicted octanol–water partition coefficient (Wildman–Crippen LogP) is 4.11. The third kappa shape index (κ3) is 4.94. The number of hydrogen-bond donors (Lipinski definition) is 1. The summed E-state index contributed by atoms with van der Waals surface area (Å²) in [5.74, 6) is 0.856. The Morgan fingerprint density at radius 1 is 0.935 bits per heavy atom. The Hall–Kier alpha value is -3.60. The molecular weight excluding hydrogens is 388 g/mol. The third-order valence-corrected chi connectivity index (χ3v) is 5.78. The monoisotopic (exact) mass is 414 g/mol. The van der Waals surface area contributed by atoms with Crippen molar-refractivity contribution in [3.8, 4) is 16.9 Å². The molecule has 3 aromatic carbocycles. The van der Waals surface area contributed by atoms with Crippen LogP contribution in [0.25, 0.3) is 11.1 Å². The van der Waals surface area contributed by atoms with Crippen molar-refractivity contribution in [3.63, 3.8) is 0 Å². The zero-order valence-corrected chi connectivity index (χ0v) is 17.6. The summed E-state index contributed by atoms with van der Waals surface area (Å²) < 4.78 is 5.21. The highest BCUT2D eigenvalue weighted by Gasteiger charge is 2.27. The van der Waals surface area contributed by atoms with Crippen LogP contribution in [-0.2, 0) is 4.79 Å². The summed E-state index contributed by atoms with van der Waals surface area (Å²) in [6, 6.07) is 25.4. The Morgan fingerprint density at radius 3 is 2.29 bits per heavy atom. The number of rotatable bonds is 6. The first-order valence-electron chi connectivity index (χ1n) is 10.5. The molecule has 5 nitrogen and oxygen atoms in total. The number of carbonyl (C=O) groups is 2. The van der Waals surface area contributed by atoms with Gasteiger partial charge in [-0.15, -0.1) is 0 Å². The molecule has 1 heterocycles. The van der Waals surface area contributed by atoms with E-state index in [0.29, 0.717) is 24.6 Å². The second kappa shape index (κ2) is 9.47. The number of ether oxygens (including phenoxy) is 1. The molecule has 1 fully saturated rings. The van der Waals surface area contributed by atoms with E-state index in [4.69, 9.17) is 4.74 Å². The molecule has 2 amide bonds. The van der Waals surface area contributed by atoms with Crippen molar-refractivity contribution in [1.82, 2.24) is 10.2 Å². The number of amides is 2. The van der Waals surface area contributed by atoms with Gasteiger partial charge in [0, 0.05) is 24.6 Å². The second-order valence-corrected chi connectivity index (χ2v) is 7.72. The molecule has 0 aromatic heterocycles. The van der Waals surface area contributed by atoms with Crippen molar-refractivity contribution in [1.29, 1.82) is 0 Å². The standard InChI is InChI=1S/C26H26N2O3/c1-31-24-13-11-21(12-14-24)23-15-16-28(18-23)25(29)17-27-26(30)22-9-7-20(8-10-22)19-5-3-2-4-6-19/h2-14,23H,15-18H2,1H3,(H,27,30). The molecular formula is C26H26N2O3. The molecule has 158 valence electrons. The molecule has 1 N–H and O–H groups in total. The molecule has 1 atom stereocenters. The molecule has 0 aliphatic carbocycles. The van der Waals surface area contributed by atoms with E-state index in [-0.39, 0.29) is 18.4 Å². The first kappa shape index (κ1) is 20.7. The highest BCUT2D eigenvalue weighted by Crippen LogP contribution is 2.28. The normalized spacial score (nSPS) is 15.5. The molecule has 31 heavy (non-hydrogen) atoms. The highest BCUT2D eigenvalue weighted by atomic mass is 16.5. The Kier molecular flexibility index (Phi) is 6.32. The molecule has 4 rings (SSSR count). The summed E-state index contributed by atoms with van der Waals surface area (Å²) in [4.78, 5) is 26.9. The van der Waals surface area contributed by atoms with Crippen LogP contribution in [0.1, 0.15) is 28.3 Å². The summed E-state index contributed by atoms with van der Waals surface area (Å²) in [7, 11) is 1.65. The van der Waals surface area contributed by atoms with Crippen molar-refractivity contribution in [2.24, 2.45) is 0 Å². The molecule has 0 radical (unpaired) electrons. The molecule has 1 aliphatic heterocycles. The van der Waals surface area contributed by atoms with Gasteiger partial charge in [-0.25, -0.2) is 0 Å². The average Bonchev–Trinajstić information content (AvgIpc) is 3.33. The fourth-order valence-electron chi connectivity index (χ4n) is 3.95. The lowest BCUT2D eigenvalue weighted by atomic mass is 9.98. The van der Waals surface area contributed by atoms with Gasteiger partial charge in [-0.2, -0.15) is 0 Å². The van der Waals surface area contributed by atoms with Gasteiger partial charge in [0.05, 0.1) is 13.7 Å². The van der Waals surface area contributed by atoms with Crippen LogP contribution in [0.15, 0.2) is 78.9 Å². The van der Waals surface area contributed by atoms with E-state index in [2.05, 4.69) is 17.4 Å². The van der Waals surface area contributed by atoms with Gasteiger partial charge in [0.15, 0.2) is 0 Å². The number of hydrogen-bond acceptors (Lipinski definition) is 3. The summed E-state index contributed by atoms with van der Waals surface area (Å²) >= 11 is 0. The van der Waals surface area contributed by atoms with Crippen LogP contribution in [0.3, 0.4) is 0 Å². The Balaban J connectivity index is 1.29. The lowest BCUT2D eigenvalue weighted by Gasteiger charge is -2.17. The maximum absolute atomic E-state index is 12.6.